The Bertz CT molecular complexity index is 1110. The predicted octanol–water partition coefficient (Wildman–Crippen LogP) is 7.61. The lowest BCUT2D eigenvalue weighted by molar-refractivity contribution is -0.138. The van der Waals surface area contributed by atoms with E-state index in [9.17, 15) is 18.3 Å². The van der Waals surface area contributed by atoms with Gasteiger partial charge in [-0.05, 0) is 37.3 Å². The normalized spacial score (nSPS) is 16.7. The molecule has 8 heteroatoms. The number of nitrogens with zero attached hydrogens (tertiary/aromatic N) is 2. The summed E-state index contributed by atoms with van der Waals surface area (Å²) in [5, 5.41) is 18.7. The van der Waals surface area contributed by atoms with Crippen molar-refractivity contribution in [3.8, 4) is 11.3 Å². The number of aromatic nitrogens is 1. The van der Waals surface area contributed by atoms with E-state index in [0.29, 0.717) is 29.6 Å². The van der Waals surface area contributed by atoms with Gasteiger partial charge in [0.15, 0.2) is 12.1 Å². The molecule has 1 fully saturated rings. The molecule has 1 aliphatic rings. The number of hydrogen-bond donors (Lipinski definition) is 2. The van der Waals surface area contributed by atoms with Gasteiger partial charge in [0, 0.05) is 18.7 Å². The largest absolute Gasteiger partial charge is 0.416 e. The Balaban J connectivity index is 1.61. The lowest BCUT2D eigenvalue weighted by Gasteiger charge is -2.33. The molecule has 1 heterocycles. The molecular weight excluding hydrogens is 479 g/mol. The number of alkyl halides is 3. The lowest BCUT2D eigenvalue weighted by Crippen LogP contribution is -2.43. The van der Waals surface area contributed by atoms with Crippen molar-refractivity contribution in [1.82, 2.24) is 10.1 Å². The standard InChI is InChI=1S/C29H36F3N3O2/c1-21-26(27(34-37-21)23-15-9-6-10-16-23)33-28(36)35(19-22-13-7-4-2-3-5-8-14-22)20-24-17-11-12-18-25(24)29(30,31)32/h6,9-12,15-18,22,28,33,36H,2-5,7-8,13-14,19-20H2,1H3. The Kier molecular flexibility index (Phi) is 9.27. The minimum absolute atomic E-state index is 0.0364. The molecule has 200 valence electrons. The van der Waals surface area contributed by atoms with E-state index < -0.39 is 18.1 Å². The molecule has 5 nitrogen and oxygen atoms in total. The monoisotopic (exact) mass is 515 g/mol. The first-order valence-electron chi connectivity index (χ1n) is 13.2. The molecule has 3 aromatic rings. The van der Waals surface area contributed by atoms with Gasteiger partial charge in [-0.3, -0.25) is 4.90 Å². The van der Waals surface area contributed by atoms with Crippen molar-refractivity contribution in [2.24, 2.45) is 5.92 Å². The molecule has 2 N–H and O–H groups in total. The number of hydrogen-bond acceptors (Lipinski definition) is 5. The summed E-state index contributed by atoms with van der Waals surface area (Å²) in [6, 6.07) is 15.1. The zero-order valence-corrected chi connectivity index (χ0v) is 21.3. The fraction of sp³-hybridized carbons (Fsp3) is 0.483. The van der Waals surface area contributed by atoms with Crippen molar-refractivity contribution in [3.63, 3.8) is 0 Å². The molecule has 1 unspecified atom stereocenters. The molecule has 1 saturated carbocycles. The highest BCUT2D eigenvalue weighted by Gasteiger charge is 2.34. The number of anilines is 1. The molecule has 0 amide bonds. The third-order valence-corrected chi connectivity index (χ3v) is 7.19. The second kappa shape index (κ2) is 12.6. The molecule has 0 bridgehead atoms. The molecule has 0 radical (unpaired) electrons. The summed E-state index contributed by atoms with van der Waals surface area (Å²) in [6.07, 6.45) is 3.33. The predicted molar refractivity (Wildman–Crippen MR) is 139 cm³/mol. The van der Waals surface area contributed by atoms with Crippen LogP contribution in [-0.2, 0) is 12.7 Å². The Hall–Kier alpha value is -2.84. The van der Waals surface area contributed by atoms with Crippen molar-refractivity contribution in [3.05, 3.63) is 71.5 Å². The first-order chi connectivity index (χ1) is 17.8. The first-order valence-corrected chi connectivity index (χ1v) is 13.2. The lowest BCUT2D eigenvalue weighted by atomic mass is 9.96. The Morgan fingerprint density at radius 1 is 0.973 bits per heavy atom. The summed E-state index contributed by atoms with van der Waals surface area (Å²) in [5.41, 5.74) is 1.37. The van der Waals surface area contributed by atoms with Crippen LogP contribution in [0.4, 0.5) is 18.9 Å². The van der Waals surface area contributed by atoms with Gasteiger partial charge in [-0.15, -0.1) is 0 Å². The Labute approximate surface area is 216 Å². The van der Waals surface area contributed by atoms with Gasteiger partial charge < -0.3 is 14.9 Å². The van der Waals surface area contributed by atoms with E-state index in [2.05, 4.69) is 10.5 Å². The molecular formula is C29H36F3N3O2. The van der Waals surface area contributed by atoms with Crippen molar-refractivity contribution >= 4 is 5.69 Å². The zero-order chi connectivity index (χ0) is 26.3. The number of aliphatic hydroxyl groups is 1. The molecule has 1 atom stereocenters. The van der Waals surface area contributed by atoms with E-state index in [0.717, 1.165) is 37.3 Å². The number of nitrogens with one attached hydrogen (secondary N) is 1. The van der Waals surface area contributed by atoms with Crippen LogP contribution in [0.3, 0.4) is 0 Å². The number of rotatable bonds is 8. The van der Waals surface area contributed by atoms with Crippen LogP contribution in [0.1, 0.15) is 68.3 Å². The second-order valence-electron chi connectivity index (χ2n) is 10.00. The van der Waals surface area contributed by atoms with Crippen molar-refractivity contribution < 1.29 is 22.8 Å². The van der Waals surface area contributed by atoms with Gasteiger partial charge in [0.2, 0.25) is 0 Å². The van der Waals surface area contributed by atoms with Crippen LogP contribution >= 0.6 is 0 Å². The van der Waals surface area contributed by atoms with Crippen molar-refractivity contribution in [1.29, 1.82) is 0 Å². The van der Waals surface area contributed by atoms with Crippen LogP contribution in [0.25, 0.3) is 11.3 Å². The van der Waals surface area contributed by atoms with Crippen LogP contribution in [-0.4, -0.2) is 28.1 Å². The summed E-state index contributed by atoms with van der Waals surface area (Å²) < 4.78 is 46.8. The maximum absolute atomic E-state index is 13.8. The SMILES string of the molecule is Cc1onc(-c2ccccc2)c1NC(O)N(Cc1ccccc1C(F)(F)F)CC1CCCCCCCC1. The fourth-order valence-corrected chi connectivity index (χ4v) is 5.19. The smallest absolute Gasteiger partial charge is 0.361 e. The van der Waals surface area contributed by atoms with Gasteiger partial charge in [0.1, 0.15) is 11.4 Å². The Morgan fingerprint density at radius 3 is 2.27 bits per heavy atom. The van der Waals surface area contributed by atoms with Crippen LogP contribution in [0.15, 0.2) is 59.1 Å². The third-order valence-electron chi connectivity index (χ3n) is 7.19. The number of halogens is 3. The van der Waals surface area contributed by atoms with Crippen LogP contribution in [0.2, 0.25) is 0 Å². The molecule has 0 saturated heterocycles. The number of benzene rings is 2. The van der Waals surface area contributed by atoms with Gasteiger partial charge in [-0.2, -0.15) is 13.2 Å². The van der Waals surface area contributed by atoms with Crippen molar-refractivity contribution in [2.45, 2.75) is 77.4 Å². The van der Waals surface area contributed by atoms with E-state index in [1.165, 1.54) is 37.8 Å². The molecule has 37 heavy (non-hydrogen) atoms. The van der Waals surface area contributed by atoms with E-state index in [1.807, 2.05) is 30.3 Å². The van der Waals surface area contributed by atoms with Crippen LogP contribution in [0, 0.1) is 12.8 Å². The van der Waals surface area contributed by atoms with Gasteiger partial charge in [0.05, 0.1) is 5.56 Å². The van der Waals surface area contributed by atoms with Gasteiger partial charge in [-0.1, -0.05) is 92.2 Å². The quantitative estimate of drug-likeness (QED) is 0.302. The topological polar surface area (TPSA) is 61.5 Å². The molecule has 2 aromatic carbocycles. The van der Waals surface area contributed by atoms with Gasteiger partial charge in [0.25, 0.3) is 0 Å². The fourth-order valence-electron chi connectivity index (χ4n) is 5.19. The summed E-state index contributed by atoms with van der Waals surface area (Å²) in [7, 11) is 0. The first kappa shape index (κ1) is 27.2. The highest BCUT2D eigenvalue weighted by atomic mass is 19.4. The summed E-state index contributed by atoms with van der Waals surface area (Å²) in [4.78, 5) is 1.72. The van der Waals surface area contributed by atoms with Crippen molar-refractivity contribution in [2.75, 3.05) is 11.9 Å². The highest BCUT2D eigenvalue weighted by molar-refractivity contribution is 5.75. The van der Waals surface area contributed by atoms with Gasteiger partial charge >= 0.3 is 6.18 Å². The third kappa shape index (κ3) is 7.36. The molecule has 0 aliphatic heterocycles. The van der Waals surface area contributed by atoms with E-state index in [-0.39, 0.29) is 12.1 Å². The zero-order valence-electron chi connectivity index (χ0n) is 21.3. The van der Waals surface area contributed by atoms with E-state index >= 15 is 0 Å². The molecule has 0 spiro atoms. The summed E-state index contributed by atoms with van der Waals surface area (Å²) in [5.74, 6) is 0.792. The summed E-state index contributed by atoms with van der Waals surface area (Å²) >= 11 is 0. The van der Waals surface area contributed by atoms with Gasteiger partial charge in [-0.25, -0.2) is 0 Å². The second-order valence-corrected chi connectivity index (χ2v) is 10.00. The molecule has 1 aromatic heterocycles. The maximum Gasteiger partial charge on any atom is 0.416 e. The van der Waals surface area contributed by atoms with Crippen LogP contribution < -0.4 is 5.32 Å². The molecule has 4 rings (SSSR count). The number of aliphatic hydroxyl groups excluding tert-OH is 1. The molecule has 1 aliphatic carbocycles. The average Bonchev–Trinajstić information content (AvgIpc) is 3.30. The van der Waals surface area contributed by atoms with E-state index in [4.69, 9.17) is 4.52 Å². The van der Waals surface area contributed by atoms with Crippen LogP contribution in [0.5, 0.6) is 0 Å². The van der Waals surface area contributed by atoms with E-state index in [1.54, 1.807) is 17.9 Å². The highest BCUT2D eigenvalue weighted by Crippen LogP contribution is 2.34. The summed E-state index contributed by atoms with van der Waals surface area (Å²) in [6.45, 7) is 2.20. The minimum Gasteiger partial charge on any atom is -0.361 e. The minimum atomic E-state index is -4.47. The maximum atomic E-state index is 13.8. The number of aryl methyl sites for hydroxylation is 1. The Morgan fingerprint density at radius 2 is 1.59 bits per heavy atom. The average molecular weight is 516 g/mol.